The van der Waals surface area contributed by atoms with E-state index in [4.69, 9.17) is 0 Å². The Labute approximate surface area is 225 Å². The topological polar surface area (TPSA) is 107 Å². The Morgan fingerprint density at radius 1 is 1.10 bits per heavy atom. The van der Waals surface area contributed by atoms with Crippen molar-refractivity contribution < 1.29 is 30.4 Å². The van der Waals surface area contributed by atoms with Crippen LogP contribution in [0.3, 0.4) is 0 Å². The van der Waals surface area contributed by atoms with Crippen LogP contribution in [0.1, 0.15) is 61.1 Å². The third-order valence-corrected chi connectivity index (χ3v) is 8.82. The summed E-state index contributed by atoms with van der Waals surface area (Å²) in [6.45, 7) is 1.59. The van der Waals surface area contributed by atoms with Gasteiger partial charge in [-0.2, -0.15) is 18.3 Å². The van der Waals surface area contributed by atoms with Crippen molar-refractivity contribution in [3.8, 4) is 11.3 Å². The number of nitrogens with zero attached hydrogens (tertiary/aromatic N) is 6. The van der Waals surface area contributed by atoms with Crippen molar-refractivity contribution in [1.29, 1.82) is 0 Å². The predicted octanol–water partition coefficient (Wildman–Crippen LogP) is 4.90. The van der Waals surface area contributed by atoms with Gasteiger partial charge in [-0.05, 0) is 50.5 Å². The molecule has 15 heteroatoms. The van der Waals surface area contributed by atoms with Gasteiger partial charge in [-0.3, -0.25) is 0 Å². The number of aromatic nitrogens is 6. The van der Waals surface area contributed by atoms with Gasteiger partial charge in [0.15, 0.2) is 5.65 Å². The van der Waals surface area contributed by atoms with Crippen LogP contribution in [0.2, 0.25) is 0 Å². The fraction of sp³-hybridized carbons (Fsp3) is 0.440. The van der Waals surface area contributed by atoms with Crippen LogP contribution in [0.4, 0.5) is 22.0 Å². The van der Waals surface area contributed by atoms with Gasteiger partial charge in [0, 0.05) is 48.7 Å². The lowest BCUT2D eigenvalue weighted by atomic mass is 9.88. The minimum absolute atomic E-state index is 0.0122. The van der Waals surface area contributed by atoms with Crippen molar-refractivity contribution in [3.63, 3.8) is 0 Å². The molecule has 2 atom stereocenters. The average Bonchev–Trinajstić information content (AvgIpc) is 3.47. The van der Waals surface area contributed by atoms with E-state index in [1.54, 1.807) is 13.0 Å². The molecule has 4 aromatic rings. The van der Waals surface area contributed by atoms with Gasteiger partial charge in [0.25, 0.3) is 5.92 Å². The molecule has 0 spiro atoms. The first-order valence-corrected chi connectivity index (χ1v) is 14.1. The second kappa shape index (κ2) is 9.29. The first-order chi connectivity index (χ1) is 18.8. The number of halogens is 5. The number of rotatable bonds is 6. The van der Waals surface area contributed by atoms with Crippen LogP contribution in [-0.2, 0) is 16.2 Å². The van der Waals surface area contributed by atoms with Gasteiger partial charge in [-0.15, -0.1) is 10.2 Å². The SMILES string of the molecule is Cc1nncn1[C@H]1C[C@@H](NS(=O)(=O)c2cc(-c3ccnc4cc(C5CC5)nn34)cc(C(F)(F)F)c2)CC(F)(F)C1. The highest BCUT2D eigenvalue weighted by Gasteiger charge is 2.44. The summed E-state index contributed by atoms with van der Waals surface area (Å²) in [6, 6.07) is 3.60. The summed E-state index contributed by atoms with van der Waals surface area (Å²) in [5, 5.41) is 12.0. The number of hydrogen-bond acceptors (Lipinski definition) is 6. The molecule has 1 aromatic carbocycles. The van der Waals surface area contributed by atoms with Crippen LogP contribution in [0.5, 0.6) is 0 Å². The zero-order valence-corrected chi connectivity index (χ0v) is 21.9. The molecule has 0 aliphatic heterocycles. The highest BCUT2D eigenvalue weighted by molar-refractivity contribution is 7.89. The third kappa shape index (κ3) is 5.19. The monoisotopic (exact) mass is 581 g/mol. The van der Waals surface area contributed by atoms with Gasteiger partial charge in [-0.1, -0.05) is 0 Å². The Bertz CT molecular complexity index is 1700. The molecule has 0 unspecified atom stereocenters. The Morgan fingerprint density at radius 3 is 2.55 bits per heavy atom. The Kier molecular flexibility index (Phi) is 6.22. The summed E-state index contributed by atoms with van der Waals surface area (Å²) in [4.78, 5) is 3.54. The van der Waals surface area contributed by atoms with E-state index < -0.39 is 57.5 Å². The molecular weight excluding hydrogens is 557 g/mol. The van der Waals surface area contributed by atoms with E-state index in [2.05, 4.69) is 25.0 Å². The lowest BCUT2D eigenvalue weighted by Crippen LogP contribution is -2.45. The van der Waals surface area contributed by atoms with Crippen LogP contribution in [0.25, 0.3) is 16.9 Å². The van der Waals surface area contributed by atoms with E-state index in [0.29, 0.717) is 17.5 Å². The Hall–Kier alpha value is -3.46. The summed E-state index contributed by atoms with van der Waals surface area (Å²) >= 11 is 0. The van der Waals surface area contributed by atoms with E-state index in [-0.39, 0.29) is 23.6 Å². The summed E-state index contributed by atoms with van der Waals surface area (Å²) < 4.78 is 103. The molecule has 2 aliphatic carbocycles. The number of sulfonamides is 1. The Morgan fingerprint density at radius 2 is 1.88 bits per heavy atom. The van der Waals surface area contributed by atoms with Gasteiger partial charge in [-0.25, -0.2) is 31.4 Å². The molecule has 2 fully saturated rings. The number of aryl methyl sites for hydroxylation is 1. The summed E-state index contributed by atoms with van der Waals surface area (Å²) in [7, 11) is -4.65. The lowest BCUT2D eigenvalue weighted by molar-refractivity contribution is -0.137. The minimum atomic E-state index is -4.87. The molecule has 2 saturated carbocycles. The number of benzene rings is 1. The predicted molar refractivity (Wildman–Crippen MR) is 132 cm³/mol. The first-order valence-electron chi connectivity index (χ1n) is 12.6. The molecule has 2 aliphatic rings. The first kappa shape index (κ1) is 26.7. The molecular formula is C25H24F5N7O2S. The largest absolute Gasteiger partial charge is 0.416 e. The standard InChI is InChI=1S/C25H24F5N7O2S/c1-14-33-32-13-36(14)19-9-18(11-24(26,27)12-19)35-40(38,39)20-7-16(6-17(8-20)25(28,29)30)22-4-5-31-23-10-21(15-2-3-15)34-37(22)23/h4-8,10,13,15,18-19,35H,2-3,9,11-12H2,1H3/t18-,19+/m1/s1. The van der Waals surface area contributed by atoms with Crippen LogP contribution in [0.15, 0.2) is 47.8 Å². The van der Waals surface area contributed by atoms with Crippen LogP contribution < -0.4 is 4.72 Å². The van der Waals surface area contributed by atoms with E-state index in [0.717, 1.165) is 30.7 Å². The third-order valence-electron chi connectivity index (χ3n) is 7.32. The second-order valence-corrected chi connectivity index (χ2v) is 12.2. The summed E-state index contributed by atoms with van der Waals surface area (Å²) in [5.74, 6) is -2.57. The van der Waals surface area contributed by atoms with Crippen molar-refractivity contribution in [1.82, 2.24) is 34.1 Å². The molecule has 0 bridgehead atoms. The Balaban J connectivity index is 1.38. The molecule has 1 N–H and O–H groups in total. The maximum absolute atomic E-state index is 14.7. The molecule has 3 heterocycles. The fourth-order valence-electron chi connectivity index (χ4n) is 5.31. The van der Waals surface area contributed by atoms with Crippen molar-refractivity contribution in [2.24, 2.45) is 0 Å². The molecule has 0 radical (unpaired) electrons. The van der Waals surface area contributed by atoms with Crippen molar-refractivity contribution in [3.05, 3.63) is 59.9 Å². The zero-order chi connectivity index (χ0) is 28.4. The molecule has 0 saturated heterocycles. The number of fused-ring (bicyclic) bond motifs is 1. The number of alkyl halides is 5. The molecule has 40 heavy (non-hydrogen) atoms. The van der Waals surface area contributed by atoms with Crippen molar-refractivity contribution in [2.45, 2.75) is 74.0 Å². The number of hydrogen-bond donors (Lipinski definition) is 1. The molecule has 0 amide bonds. The number of nitrogens with one attached hydrogen (secondary N) is 1. The van der Waals surface area contributed by atoms with Crippen LogP contribution in [0, 0.1) is 6.92 Å². The fourth-order valence-corrected chi connectivity index (χ4v) is 6.63. The van der Waals surface area contributed by atoms with Gasteiger partial charge < -0.3 is 4.57 Å². The van der Waals surface area contributed by atoms with Crippen LogP contribution >= 0.6 is 0 Å². The lowest BCUT2D eigenvalue weighted by Gasteiger charge is -2.35. The average molecular weight is 582 g/mol. The van der Waals surface area contributed by atoms with E-state index in [9.17, 15) is 30.4 Å². The van der Waals surface area contributed by atoms with E-state index in [1.807, 2.05) is 0 Å². The molecule has 6 rings (SSSR count). The second-order valence-electron chi connectivity index (χ2n) is 10.4. The summed E-state index contributed by atoms with van der Waals surface area (Å²) in [5.41, 5.74) is 0.139. The highest BCUT2D eigenvalue weighted by atomic mass is 32.2. The minimum Gasteiger partial charge on any atom is -0.314 e. The van der Waals surface area contributed by atoms with Crippen molar-refractivity contribution >= 4 is 15.7 Å². The van der Waals surface area contributed by atoms with Gasteiger partial charge in [0.05, 0.1) is 21.8 Å². The molecule has 9 nitrogen and oxygen atoms in total. The highest BCUT2D eigenvalue weighted by Crippen LogP contribution is 2.42. The van der Waals surface area contributed by atoms with E-state index >= 15 is 0 Å². The quantitative estimate of drug-likeness (QED) is 0.325. The molecule has 212 valence electrons. The summed E-state index contributed by atoms with van der Waals surface area (Å²) in [6.07, 6.45) is -1.60. The smallest absolute Gasteiger partial charge is 0.314 e. The van der Waals surface area contributed by atoms with Crippen LogP contribution in [-0.4, -0.2) is 49.7 Å². The van der Waals surface area contributed by atoms with Gasteiger partial charge in [0.2, 0.25) is 10.0 Å². The van der Waals surface area contributed by atoms with Gasteiger partial charge in [0.1, 0.15) is 12.2 Å². The van der Waals surface area contributed by atoms with E-state index in [1.165, 1.54) is 27.7 Å². The maximum atomic E-state index is 14.7. The maximum Gasteiger partial charge on any atom is 0.416 e. The van der Waals surface area contributed by atoms with Crippen molar-refractivity contribution in [2.75, 3.05) is 0 Å². The normalized spacial score (nSPS) is 21.6. The van der Waals surface area contributed by atoms with Gasteiger partial charge >= 0.3 is 6.18 Å². The zero-order valence-electron chi connectivity index (χ0n) is 21.1. The molecule has 3 aromatic heterocycles.